The molecule has 1 aromatic heterocycles. The maximum Gasteiger partial charge on any atom is 0.169 e. The van der Waals surface area contributed by atoms with Crippen LogP contribution in [0.3, 0.4) is 0 Å². The van der Waals surface area contributed by atoms with Crippen molar-refractivity contribution in [1.29, 1.82) is 0 Å². The molecule has 3 heteroatoms. The minimum absolute atomic E-state index is 0.0970. The lowest BCUT2D eigenvalue weighted by atomic mass is 10.0. The minimum Gasteiger partial charge on any atom is -0.359 e. The molecule has 0 aliphatic heterocycles. The first-order valence-corrected chi connectivity index (χ1v) is 6.46. The Morgan fingerprint density at radius 3 is 2.63 bits per heavy atom. The van der Waals surface area contributed by atoms with E-state index in [9.17, 15) is 4.79 Å². The number of aromatic nitrogens is 1. The molecule has 0 radical (unpaired) electrons. The molecule has 3 aromatic rings. The van der Waals surface area contributed by atoms with Crippen LogP contribution in [0.15, 0.2) is 54.7 Å². The van der Waals surface area contributed by atoms with Crippen molar-refractivity contribution in [2.24, 2.45) is 0 Å². The van der Waals surface area contributed by atoms with Gasteiger partial charge >= 0.3 is 0 Å². The summed E-state index contributed by atoms with van der Waals surface area (Å²) < 4.78 is 0. The van der Waals surface area contributed by atoms with Gasteiger partial charge in [-0.3, -0.25) is 4.79 Å². The van der Waals surface area contributed by atoms with Crippen molar-refractivity contribution < 1.29 is 4.79 Å². The monoisotopic (exact) mass is 269 g/mol. The fraction of sp³-hybridized carbons (Fsp3) is 0.0625. The van der Waals surface area contributed by atoms with Crippen LogP contribution in [0.2, 0.25) is 5.02 Å². The van der Waals surface area contributed by atoms with Gasteiger partial charge in [0.2, 0.25) is 0 Å². The topological polar surface area (TPSA) is 32.9 Å². The quantitative estimate of drug-likeness (QED) is 0.709. The van der Waals surface area contributed by atoms with Crippen LogP contribution in [-0.4, -0.2) is 10.8 Å². The van der Waals surface area contributed by atoms with Crippen LogP contribution in [-0.2, 0) is 6.42 Å². The molecule has 1 N–H and O–H groups in total. The Labute approximate surface area is 116 Å². The number of benzene rings is 2. The molecule has 0 atom stereocenters. The number of para-hydroxylation sites is 1. The van der Waals surface area contributed by atoms with Gasteiger partial charge in [-0.1, -0.05) is 54.1 Å². The van der Waals surface area contributed by atoms with Crippen molar-refractivity contribution in [3.8, 4) is 0 Å². The average Bonchev–Trinajstić information content (AvgIpc) is 2.85. The van der Waals surface area contributed by atoms with Crippen LogP contribution in [0.25, 0.3) is 10.9 Å². The molecule has 2 nitrogen and oxygen atoms in total. The number of nitrogens with one attached hydrogen (secondary N) is 1. The molecule has 3 rings (SSSR count). The second kappa shape index (κ2) is 4.90. The Morgan fingerprint density at radius 2 is 1.84 bits per heavy atom. The van der Waals surface area contributed by atoms with Crippen LogP contribution in [0.5, 0.6) is 0 Å². The molecule has 0 saturated heterocycles. The maximum absolute atomic E-state index is 12.3. The van der Waals surface area contributed by atoms with Gasteiger partial charge < -0.3 is 4.98 Å². The van der Waals surface area contributed by atoms with E-state index in [4.69, 9.17) is 11.6 Å². The van der Waals surface area contributed by atoms with E-state index in [1.165, 1.54) is 0 Å². The van der Waals surface area contributed by atoms with Crippen LogP contribution < -0.4 is 0 Å². The van der Waals surface area contributed by atoms with Crippen molar-refractivity contribution in [3.05, 3.63) is 70.9 Å². The third-order valence-corrected chi connectivity index (χ3v) is 3.49. The fourth-order valence-electron chi connectivity index (χ4n) is 2.22. The third kappa shape index (κ3) is 2.27. The second-order valence-corrected chi connectivity index (χ2v) is 4.86. The highest BCUT2D eigenvalue weighted by Gasteiger charge is 2.13. The SMILES string of the molecule is O=C(Cc1ccccc1)c1c[nH]c2c(Cl)cccc12. The Morgan fingerprint density at radius 1 is 1.05 bits per heavy atom. The standard InChI is InChI=1S/C16H12ClNO/c17-14-8-4-7-12-13(10-18-16(12)14)15(19)9-11-5-2-1-3-6-11/h1-8,10,18H,9H2. The number of ketones is 1. The van der Waals surface area contributed by atoms with Crippen LogP contribution in [0.4, 0.5) is 0 Å². The van der Waals surface area contributed by atoms with E-state index in [-0.39, 0.29) is 5.78 Å². The van der Waals surface area contributed by atoms with Gasteiger partial charge in [0, 0.05) is 23.6 Å². The number of H-pyrrole nitrogens is 1. The first-order valence-electron chi connectivity index (χ1n) is 6.08. The zero-order valence-electron chi connectivity index (χ0n) is 10.2. The molecule has 2 aromatic carbocycles. The highest BCUT2D eigenvalue weighted by atomic mass is 35.5. The molecule has 94 valence electrons. The lowest BCUT2D eigenvalue weighted by Crippen LogP contribution is -2.02. The third-order valence-electron chi connectivity index (χ3n) is 3.17. The Kier molecular flexibility index (Phi) is 3.10. The molecular formula is C16H12ClNO. The van der Waals surface area contributed by atoms with E-state index in [1.807, 2.05) is 48.5 Å². The number of aromatic amines is 1. The number of fused-ring (bicyclic) bond motifs is 1. The molecule has 0 fully saturated rings. The summed E-state index contributed by atoms with van der Waals surface area (Å²) in [4.78, 5) is 15.4. The van der Waals surface area contributed by atoms with Crippen molar-refractivity contribution in [1.82, 2.24) is 4.98 Å². The molecule has 0 saturated carbocycles. The highest BCUT2D eigenvalue weighted by molar-refractivity contribution is 6.35. The van der Waals surface area contributed by atoms with Gasteiger partial charge in [0.15, 0.2) is 5.78 Å². The van der Waals surface area contributed by atoms with Crippen LogP contribution in [0.1, 0.15) is 15.9 Å². The minimum atomic E-state index is 0.0970. The fourth-order valence-corrected chi connectivity index (χ4v) is 2.45. The Bertz CT molecular complexity index is 731. The van der Waals surface area contributed by atoms with Crippen molar-refractivity contribution in [2.45, 2.75) is 6.42 Å². The van der Waals surface area contributed by atoms with Gasteiger partial charge in [-0.25, -0.2) is 0 Å². The van der Waals surface area contributed by atoms with Crippen molar-refractivity contribution in [3.63, 3.8) is 0 Å². The Balaban J connectivity index is 1.96. The van der Waals surface area contributed by atoms with Gasteiger partial charge in [-0.15, -0.1) is 0 Å². The summed E-state index contributed by atoms with van der Waals surface area (Å²) in [5.74, 6) is 0.0970. The molecule has 1 heterocycles. The van der Waals surface area contributed by atoms with Gasteiger partial charge in [0.25, 0.3) is 0 Å². The zero-order chi connectivity index (χ0) is 13.2. The number of hydrogen-bond donors (Lipinski definition) is 1. The molecule has 0 bridgehead atoms. The van der Waals surface area contributed by atoms with Crippen molar-refractivity contribution in [2.75, 3.05) is 0 Å². The summed E-state index contributed by atoms with van der Waals surface area (Å²) >= 11 is 6.09. The molecular weight excluding hydrogens is 258 g/mol. The number of Topliss-reactive ketones (excluding diaryl/α,β-unsaturated/α-hetero) is 1. The highest BCUT2D eigenvalue weighted by Crippen LogP contribution is 2.26. The summed E-state index contributed by atoms with van der Waals surface area (Å²) in [7, 11) is 0. The smallest absolute Gasteiger partial charge is 0.169 e. The average molecular weight is 270 g/mol. The van der Waals surface area contributed by atoms with E-state index >= 15 is 0 Å². The van der Waals surface area contributed by atoms with E-state index in [0.717, 1.165) is 16.5 Å². The number of halogens is 1. The normalized spacial score (nSPS) is 10.8. The predicted molar refractivity (Wildman–Crippen MR) is 77.8 cm³/mol. The molecule has 0 amide bonds. The largest absolute Gasteiger partial charge is 0.359 e. The summed E-state index contributed by atoms with van der Waals surface area (Å²) in [6.07, 6.45) is 2.14. The molecule has 19 heavy (non-hydrogen) atoms. The van der Waals surface area contributed by atoms with E-state index in [2.05, 4.69) is 4.98 Å². The number of carbonyl (C=O) groups is 1. The van der Waals surface area contributed by atoms with Crippen LogP contribution in [0, 0.1) is 0 Å². The lowest BCUT2D eigenvalue weighted by Gasteiger charge is -2.00. The summed E-state index contributed by atoms with van der Waals surface area (Å²) in [5.41, 5.74) is 2.53. The summed E-state index contributed by atoms with van der Waals surface area (Å²) in [6.45, 7) is 0. The molecule has 0 aliphatic carbocycles. The van der Waals surface area contributed by atoms with Crippen LogP contribution >= 0.6 is 11.6 Å². The summed E-state index contributed by atoms with van der Waals surface area (Å²) in [5, 5.41) is 1.52. The molecule has 0 aliphatic rings. The Hall–Kier alpha value is -2.06. The van der Waals surface area contributed by atoms with Gasteiger partial charge in [0.1, 0.15) is 0 Å². The van der Waals surface area contributed by atoms with Crippen molar-refractivity contribution >= 4 is 28.3 Å². The second-order valence-electron chi connectivity index (χ2n) is 4.45. The van der Waals surface area contributed by atoms with E-state index in [1.54, 1.807) is 6.20 Å². The molecule has 0 spiro atoms. The molecule has 0 unspecified atom stereocenters. The van der Waals surface area contributed by atoms with Gasteiger partial charge in [-0.2, -0.15) is 0 Å². The zero-order valence-corrected chi connectivity index (χ0v) is 10.9. The van der Waals surface area contributed by atoms with Gasteiger partial charge in [0.05, 0.1) is 10.5 Å². The van der Waals surface area contributed by atoms with E-state index in [0.29, 0.717) is 17.0 Å². The van der Waals surface area contributed by atoms with Gasteiger partial charge in [-0.05, 0) is 11.6 Å². The van der Waals surface area contributed by atoms with E-state index < -0.39 is 0 Å². The number of hydrogen-bond acceptors (Lipinski definition) is 1. The first-order chi connectivity index (χ1) is 9.25. The number of rotatable bonds is 3. The lowest BCUT2D eigenvalue weighted by molar-refractivity contribution is 0.0994. The first kappa shape index (κ1) is 12.0. The number of carbonyl (C=O) groups excluding carboxylic acids is 1. The predicted octanol–water partition coefficient (Wildman–Crippen LogP) is 4.25. The summed E-state index contributed by atoms with van der Waals surface area (Å²) in [6, 6.07) is 15.3. The maximum atomic E-state index is 12.3.